The molecule has 0 unspecified atom stereocenters. The summed E-state index contributed by atoms with van der Waals surface area (Å²) in [7, 11) is 2.94. The van der Waals surface area contributed by atoms with E-state index >= 15 is 0 Å². The summed E-state index contributed by atoms with van der Waals surface area (Å²) < 4.78 is 43.6. The van der Waals surface area contributed by atoms with E-state index in [1.54, 1.807) is 16.9 Å². The Balaban J connectivity index is 0.000000189. The van der Waals surface area contributed by atoms with Gasteiger partial charge in [-0.3, -0.25) is 0 Å². The standard InChI is InChI=1S/C18H24N2O5.C9H7FO3.C9H18N2O2/c1-18(2,3)25-17(22)20-7-5-19(6-8-20)13-9-12-11-24-16(21)15(12)14(10-13)23-4;1-12-7-3-6(10)2-5-4-13-9(11)8(5)7;1-9(2,3)13-8(12)11-6-4-10-5-7-11/h9-10H,5-8,11H2,1-4H3;2-3H,4H2,1H3;10H,4-7H2,1-3H3. The van der Waals surface area contributed by atoms with Crippen molar-refractivity contribution in [1.29, 1.82) is 0 Å². The third-order valence-corrected chi connectivity index (χ3v) is 7.95. The number of carbonyl (C=O) groups excluding carboxylic acids is 4. The summed E-state index contributed by atoms with van der Waals surface area (Å²) in [6, 6.07) is 6.27. The number of halogens is 1. The maximum absolute atomic E-state index is 12.9. The molecule has 4 aliphatic heterocycles. The number of nitrogens with one attached hydrogen (secondary N) is 1. The van der Waals surface area contributed by atoms with Crippen molar-refractivity contribution < 1.29 is 52.0 Å². The van der Waals surface area contributed by atoms with Crippen LogP contribution in [0.25, 0.3) is 0 Å². The number of methoxy groups -OCH3 is 2. The summed E-state index contributed by atoms with van der Waals surface area (Å²) in [5, 5.41) is 3.18. The third kappa shape index (κ3) is 10.6. The van der Waals surface area contributed by atoms with Crippen LogP contribution in [0.3, 0.4) is 0 Å². The fraction of sp³-hybridized carbons (Fsp3) is 0.556. The van der Waals surface area contributed by atoms with Crippen LogP contribution in [0.15, 0.2) is 24.3 Å². The van der Waals surface area contributed by atoms with Gasteiger partial charge in [0.15, 0.2) is 0 Å². The Bertz CT molecular complexity index is 1590. The summed E-state index contributed by atoms with van der Waals surface area (Å²) in [6.45, 7) is 17.4. The number of amides is 2. The minimum atomic E-state index is -0.492. The van der Waals surface area contributed by atoms with Crippen molar-refractivity contribution in [3.63, 3.8) is 0 Å². The predicted octanol–water partition coefficient (Wildman–Crippen LogP) is 4.75. The van der Waals surface area contributed by atoms with Gasteiger partial charge in [-0.2, -0.15) is 0 Å². The van der Waals surface area contributed by atoms with Crippen molar-refractivity contribution in [2.24, 2.45) is 0 Å². The van der Waals surface area contributed by atoms with Gasteiger partial charge in [-0.25, -0.2) is 23.6 Å². The molecular weight excluding hydrogens is 667 g/mol. The zero-order valence-electron chi connectivity index (χ0n) is 30.7. The summed E-state index contributed by atoms with van der Waals surface area (Å²) in [5.74, 6) is -0.448. The summed E-state index contributed by atoms with van der Waals surface area (Å²) in [6.07, 6.45) is -0.480. The number of benzene rings is 2. The van der Waals surface area contributed by atoms with Gasteiger partial charge in [0.05, 0.1) is 14.2 Å². The van der Waals surface area contributed by atoms with Gasteiger partial charge in [0.2, 0.25) is 0 Å². The molecule has 280 valence electrons. The van der Waals surface area contributed by atoms with E-state index in [0.717, 1.165) is 37.4 Å². The van der Waals surface area contributed by atoms with E-state index in [0.29, 0.717) is 48.6 Å². The number of fused-ring (bicyclic) bond motifs is 2. The number of cyclic esters (lactones) is 2. The van der Waals surface area contributed by atoms with E-state index in [4.69, 9.17) is 28.4 Å². The number of hydrogen-bond donors (Lipinski definition) is 1. The number of ether oxygens (including phenoxy) is 6. The molecule has 51 heavy (non-hydrogen) atoms. The van der Waals surface area contributed by atoms with Gasteiger partial charge >= 0.3 is 24.1 Å². The van der Waals surface area contributed by atoms with Crippen LogP contribution < -0.4 is 19.7 Å². The smallest absolute Gasteiger partial charge is 0.410 e. The lowest BCUT2D eigenvalue weighted by atomic mass is 10.1. The Morgan fingerprint density at radius 2 is 1.14 bits per heavy atom. The van der Waals surface area contributed by atoms with Gasteiger partial charge in [-0.15, -0.1) is 0 Å². The van der Waals surface area contributed by atoms with Gasteiger partial charge < -0.3 is 48.4 Å². The average Bonchev–Trinajstić information content (AvgIpc) is 3.65. The molecule has 2 amide bonds. The maximum Gasteiger partial charge on any atom is 0.410 e. The molecule has 0 aliphatic carbocycles. The molecule has 0 bridgehead atoms. The van der Waals surface area contributed by atoms with Crippen LogP contribution in [-0.4, -0.2) is 112 Å². The van der Waals surface area contributed by atoms with Crippen molar-refractivity contribution >= 4 is 29.8 Å². The molecule has 0 radical (unpaired) electrons. The lowest BCUT2D eigenvalue weighted by Gasteiger charge is -2.37. The topological polar surface area (TPSA) is 145 Å². The monoisotopic (exact) mass is 716 g/mol. The third-order valence-electron chi connectivity index (χ3n) is 7.95. The second-order valence-corrected chi connectivity index (χ2v) is 14.1. The molecule has 0 spiro atoms. The highest BCUT2D eigenvalue weighted by molar-refractivity contribution is 5.97. The van der Waals surface area contributed by atoms with Crippen molar-refractivity contribution in [1.82, 2.24) is 15.1 Å². The first-order chi connectivity index (χ1) is 24.0. The molecular formula is C36H49FN4O10. The molecule has 14 nitrogen and oxygen atoms in total. The van der Waals surface area contributed by atoms with Crippen LogP contribution in [0.4, 0.5) is 19.7 Å². The first kappa shape index (κ1) is 39.0. The van der Waals surface area contributed by atoms with Crippen molar-refractivity contribution in [2.75, 3.05) is 71.5 Å². The molecule has 2 aromatic rings. The van der Waals surface area contributed by atoms with Crippen molar-refractivity contribution in [2.45, 2.75) is 66.0 Å². The second kappa shape index (κ2) is 16.5. The number of carbonyl (C=O) groups is 4. The number of anilines is 1. The summed E-state index contributed by atoms with van der Waals surface area (Å²) in [4.78, 5) is 52.2. The van der Waals surface area contributed by atoms with Crippen LogP contribution in [0.2, 0.25) is 0 Å². The zero-order valence-corrected chi connectivity index (χ0v) is 30.7. The molecule has 4 aliphatic rings. The molecule has 0 saturated carbocycles. The Morgan fingerprint density at radius 3 is 1.61 bits per heavy atom. The van der Waals surface area contributed by atoms with Gasteiger partial charge in [0.25, 0.3) is 0 Å². The Hall–Kier alpha value is -4.79. The SMILES string of the molecule is CC(C)(C)OC(=O)N1CCNCC1.COc1cc(F)cc2c1C(=O)OC2.COc1cc(N2CCN(C(=O)OC(C)(C)C)CC2)cc2c1C(=O)OC2. The summed E-state index contributed by atoms with van der Waals surface area (Å²) in [5.41, 5.74) is 2.33. The number of nitrogens with zero attached hydrogens (tertiary/aromatic N) is 3. The Morgan fingerprint density at radius 1 is 0.686 bits per heavy atom. The maximum atomic E-state index is 12.9. The minimum absolute atomic E-state index is 0.127. The molecule has 1 N–H and O–H groups in total. The van der Waals surface area contributed by atoms with Gasteiger partial charge in [0.1, 0.15) is 52.9 Å². The average molecular weight is 717 g/mol. The molecule has 0 atom stereocenters. The van der Waals surface area contributed by atoms with Gasteiger partial charge in [-0.05, 0) is 53.7 Å². The molecule has 2 fully saturated rings. The number of piperazine rings is 2. The lowest BCUT2D eigenvalue weighted by molar-refractivity contribution is 0.0223. The highest BCUT2D eigenvalue weighted by atomic mass is 19.1. The Kier molecular flexibility index (Phi) is 12.6. The number of hydrogen-bond acceptors (Lipinski definition) is 12. The van der Waals surface area contributed by atoms with Crippen molar-refractivity contribution in [3.8, 4) is 11.5 Å². The van der Waals surface area contributed by atoms with E-state index in [1.807, 2.05) is 53.7 Å². The molecule has 0 aromatic heterocycles. The van der Waals surface area contributed by atoms with E-state index in [2.05, 4.69) is 10.2 Å². The van der Waals surface area contributed by atoms with E-state index in [9.17, 15) is 23.6 Å². The van der Waals surface area contributed by atoms with Gasteiger partial charge in [0, 0.05) is 81.3 Å². The van der Waals surface area contributed by atoms with Crippen LogP contribution in [-0.2, 0) is 32.2 Å². The van der Waals surface area contributed by atoms with Crippen molar-refractivity contribution in [3.05, 3.63) is 52.3 Å². The van der Waals surface area contributed by atoms with Crippen LogP contribution in [0.5, 0.6) is 11.5 Å². The highest BCUT2D eigenvalue weighted by Gasteiger charge is 2.30. The molecule has 6 rings (SSSR count). The van der Waals surface area contributed by atoms with Crippen LogP contribution >= 0.6 is 0 Å². The quantitative estimate of drug-likeness (QED) is 0.346. The minimum Gasteiger partial charge on any atom is -0.496 e. The predicted molar refractivity (Wildman–Crippen MR) is 185 cm³/mol. The van der Waals surface area contributed by atoms with Crippen LogP contribution in [0.1, 0.15) is 73.4 Å². The number of esters is 2. The molecule has 15 heteroatoms. The molecule has 2 aromatic carbocycles. The van der Waals surface area contributed by atoms with E-state index in [-0.39, 0.29) is 42.7 Å². The molecule has 2 saturated heterocycles. The van der Waals surface area contributed by atoms with Crippen LogP contribution in [0, 0.1) is 5.82 Å². The lowest BCUT2D eigenvalue weighted by Crippen LogP contribution is -2.50. The normalized spacial score (nSPS) is 16.7. The number of rotatable bonds is 3. The highest BCUT2D eigenvalue weighted by Crippen LogP contribution is 2.35. The van der Waals surface area contributed by atoms with E-state index in [1.165, 1.54) is 19.2 Å². The largest absolute Gasteiger partial charge is 0.496 e. The van der Waals surface area contributed by atoms with E-state index < -0.39 is 17.4 Å². The Labute approximate surface area is 298 Å². The first-order valence-corrected chi connectivity index (χ1v) is 16.8. The fourth-order valence-corrected chi connectivity index (χ4v) is 5.57. The van der Waals surface area contributed by atoms with Gasteiger partial charge in [-0.1, -0.05) is 0 Å². The second-order valence-electron chi connectivity index (χ2n) is 14.1. The molecule has 4 heterocycles. The fourth-order valence-electron chi connectivity index (χ4n) is 5.57. The summed E-state index contributed by atoms with van der Waals surface area (Å²) >= 11 is 0. The zero-order chi connectivity index (χ0) is 37.5. The first-order valence-electron chi connectivity index (χ1n) is 16.8.